The number of carboxylic acid groups (broad SMARTS) is 1. The first kappa shape index (κ1) is 82.5. The Bertz CT molecular complexity index is 6420. The summed E-state index contributed by atoms with van der Waals surface area (Å²) < 4.78 is 322. The Morgan fingerprint density at radius 2 is 0.811 bits per heavy atom. The molecule has 0 saturated carbocycles. The second-order valence-electron chi connectivity index (χ2n) is 25.1. The van der Waals surface area contributed by atoms with Crippen molar-refractivity contribution in [3.8, 4) is 69.0 Å². The van der Waals surface area contributed by atoms with Gasteiger partial charge in [0.25, 0.3) is 17.8 Å². The molecule has 0 spiro atoms. The van der Waals surface area contributed by atoms with Crippen molar-refractivity contribution < 1.29 is 182 Å². The van der Waals surface area contributed by atoms with Crippen LogP contribution in [-0.4, -0.2) is 229 Å². The van der Waals surface area contributed by atoms with Crippen LogP contribution in [0, 0.1) is 0 Å². The SMILES string of the molecule is C.CC(=O)Nc1cccc2c1C(=O)OC2=O.CC(=O)O.CCN.CCN.O=Cc1ccc(O)c(O)c1.S.S.[2H]C([2H])([2H])C([2H])([2H])Oc1cc(C(N)CS(C)(=O)=O)ccc1OC.[2H]C([2H])([2H])C([2H])([2H])Oc1cc([C@@H](CS(C)(=O)=O)N2C(=O)c3cccc(NC(C)=O)c3C2=O)ccc1OC.[2H]C([2H])([2H])C([2H])([2H])Oc1cc([C@H](N)CS(C)(=O)=O)ccc1OC.[2H]C([2H])([2H])Oc1ccc(C=O)cc1O.[2H]C([2H])([2H])Oc1ccc(C=O)cc1OC([2H])([2H])C([2H])([2H])[2H].[2H]CF. The number of fused-ring (bicyclic) bond motifs is 2. The van der Waals surface area contributed by atoms with Gasteiger partial charge < -0.3 is 101 Å². The summed E-state index contributed by atoms with van der Waals surface area (Å²) in [6.45, 7) is -15.5. The van der Waals surface area contributed by atoms with E-state index in [2.05, 4.69) is 24.8 Å². The number of methoxy groups -OCH3 is 5. The van der Waals surface area contributed by atoms with Crippen LogP contribution in [0.1, 0.15) is 214 Å². The standard InChI is InChI=1S/C22H24N2O7S.2C12H19NO4S.C10H7NO4.C10H12O3.C8H8O3.C7H6O3.2C2H7N.C2H4O2.CH3F.CH4.2H2S/c1-5-31-19-11-14(9-10-18(19)30-3)17(12-32(4,28)29)24-21(26)15-7-6-8-16(23-13(2)25)20(15)22(24)27;2*1-4-17-12-7-9(5-6-11(12)16-2)10(13)8-18(3,14)15;1-5(12)11-7-4-2-3-6-8(7)10(14)15-9(6)13;1-3-13-10-6-8(7-11)4-5-9(10)12-2;1-11-8-3-2-6(5-9)4-7(8)10;8-4-5-1-2-6(9)7(10)3-5;2*1-2-3;1-2(3)4;1-2;;;/h6-11,17H,5,12H2,1-4H3,(H,23,25);2*5-7,10H,4,8,13H2,1-3H3;2-4H,1H3,(H,11,12);4-7H,3H2,1-2H3;2-5,10H,1H3;1-4,9-10H;2*2-3H2,1H3;1H3,(H,3,4);1H3;1H4;2*1H2/t17-;10-;;;;;;;;;;;;/m11............/s1/i1D3,5D2;2*1D3,4D2;;1D3,2D3,3D2;1D3;;;;;1D;;;. The summed E-state index contributed by atoms with van der Waals surface area (Å²) in [6, 6.07) is 28.7. The van der Waals surface area contributed by atoms with Crippen molar-refractivity contribution in [1.82, 2.24) is 4.90 Å². The van der Waals surface area contributed by atoms with E-state index in [1.165, 1.54) is 144 Å². The molecule has 14 N–H and O–H groups in total. The number of hydrogen-bond acceptors (Lipinski definition) is 33. The molecule has 0 aromatic heterocycles. The lowest BCUT2D eigenvalue weighted by atomic mass is 10.1. The molecule has 2 aliphatic heterocycles. The van der Waals surface area contributed by atoms with Crippen molar-refractivity contribution in [2.75, 3.05) is 129 Å². The Kier molecular flexibility index (Phi) is 40.7. The molecule has 3 atom stereocenters. The van der Waals surface area contributed by atoms with Crippen LogP contribution in [0.3, 0.4) is 0 Å². The van der Waals surface area contributed by atoms with Crippen molar-refractivity contribution in [2.45, 2.75) is 87.6 Å². The normalized spacial score (nSPS) is 15.5. The zero-order chi connectivity index (χ0) is 122. The van der Waals surface area contributed by atoms with Gasteiger partial charge >= 0.3 is 11.9 Å². The fraction of sp³-hybridized carbons (Fsp3) is 0.348. The van der Waals surface area contributed by atoms with Gasteiger partial charge in [0.05, 0.1) is 146 Å². The number of benzene rings is 8. The molecule has 43 heteroatoms. The van der Waals surface area contributed by atoms with E-state index in [0.717, 1.165) is 67.9 Å². The number of aliphatic carboxylic acids is 1. The van der Waals surface area contributed by atoms with E-state index in [1.807, 2.05) is 13.8 Å². The van der Waals surface area contributed by atoms with Crippen molar-refractivity contribution in [1.29, 1.82) is 0 Å². The molecule has 132 heavy (non-hydrogen) atoms. The van der Waals surface area contributed by atoms with Gasteiger partial charge in [0, 0.05) is 84.8 Å². The molecule has 2 aliphatic rings. The molecule has 0 fully saturated rings. The van der Waals surface area contributed by atoms with E-state index >= 15 is 0 Å². The topological polar surface area (TPSA) is 578 Å². The average molecular weight is 1980 g/mol. The number of nitrogens with two attached hydrogens (primary N) is 4. The molecule has 0 bridgehead atoms. The molecule has 8 aromatic rings. The van der Waals surface area contributed by atoms with Gasteiger partial charge in [-0.1, -0.05) is 51.6 Å². The highest BCUT2D eigenvalue weighted by Crippen LogP contribution is 2.40. The van der Waals surface area contributed by atoms with Gasteiger partial charge in [-0.25, -0.2) is 34.8 Å². The van der Waals surface area contributed by atoms with Crippen LogP contribution in [0.2, 0.25) is 0 Å². The Hall–Kier alpha value is -12.6. The van der Waals surface area contributed by atoms with Crippen LogP contribution < -0.4 is 76.2 Å². The number of esters is 2. The Morgan fingerprint density at radius 3 is 1.17 bits per heavy atom. The fourth-order valence-corrected chi connectivity index (χ4v) is 12.6. The summed E-state index contributed by atoms with van der Waals surface area (Å²) in [4.78, 5) is 112. The quantitative estimate of drug-likeness (QED) is 0.00716. The monoisotopic (exact) mass is 1980 g/mol. The van der Waals surface area contributed by atoms with Crippen LogP contribution in [0.4, 0.5) is 15.8 Å². The lowest BCUT2D eigenvalue weighted by Crippen LogP contribution is -2.37. The molecule has 0 aliphatic carbocycles. The summed E-state index contributed by atoms with van der Waals surface area (Å²) >= 11 is 0. The molecule has 1 unspecified atom stereocenters. The van der Waals surface area contributed by atoms with Gasteiger partial charge in [-0.15, -0.1) is 0 Å². The number of amides is 4. The van der Waals surface area contributed by atoms with Crippen molar-refractivity contribution in [2.24, 2.45) is 22.9 Å². The highest BCUT2D eigenvalue weighted by Gasteiger charge is 2.44. The molecule has 37 nitrogen and oxygen atoms in total. The Balaban J connectivity index is -0.000000886. The minimum Gasteiger partial charge on any atom is -0.504 e. The highest BCUT2D eigenvalue weighted by atomic mass is 32.2. The van der Waals surface area contributed by atoms with Gasteiger partial charge in [-0.2, -0.15) is 27.0 Å². The molecule has 732 valence electrons. The fourth-order valence-electron chi connectivity index (χ4n) is 10.0. The number of alkyl halides is 1. The maximum atomic E-state index is 13.4. The first-order valence-electron chi connectivity index (χ1n) is 49.8. The summed E-state index contributed by atoms with van der Waals surface area (Å²) in [5.74, 6) is -8.51. The number of carbonyl (C=O) groups is 10. The molecule has 4 amide bonds. The molecule has 2 heterocycles. The average Bonchev–Trinajstić information content (AvgIpc) is 1.55. The number of aldehydes is 3. The molecular weight excluding hydrogens is 1830 g/mol. The smallest absolute Gasteiger partial charge is 0.349 e. The Morgan fingerprint density at radius 1 is 0.477 bits per heavy atom. The summed E-state index contributed by atoms with van der Waals surface area (Å²) in [6.07, 6.45) is 4.55. The summed E-state index contributed by atoms with van der Waals surface area (Å²) in [5.41, 5.74) is 23.2. The number of sulfone groups is 3. The van der Waals surface area contributed by atoms with E-state index in [1.54, 1.807) is 12.1 Å². The number of phenols is 3. The molecule has 8 aromatic carbocycles. The zero-order valence-corrected chi connectivity index (χ0v) is 76.3. The number of aromatic hydroxyl groups is 3. The summed E-state index contributed by atoms with van der Waals surface area (Å²) in [5, 5.41) is 39.2. The number of imide groups is 1. The third-order valence-electron chi connectivity index (χ3n) is 15.0. The van der Waals surface area contributed by atoms with Crippen molar-refractivity contribution in [3.63, 3.8) is 0 Å². The van der Waals surface area contributed by atoms with Gasteiger partial charge in [-0.3, -0.25) is 47.6 Å². The number of hydrogen-bond donors (Lipinski definition) is 10. The number of anilines is 2. The molecule has 0 saturated heterocycles. The number of nitrogens with zero attached hydrogens (tertiary/aromatic N) is 1. The van der Waals surface area contributed by atoms with Crippen LogP contribution >= 0.6 is 27.0 Å². The lowest BCUT2D eigenvalue weighted by molar-refractivity contribution is -0.134. The zero-order valence-electron chi connectivity index (χ0n) is 98.8. The van der Waals surface area contributed by atoms with Crippen molar-refractivity contribution in [3.05, 3.63) is 201 Å². The third-order valence-corrected chi connectivity index (χ3v) is 17.9. The van der Waals surface area contributed by atoms with Gasteiger partial charge in [-0.05, 0) is 172 Å². The minimum absolute atomic E-state index is 0. The molecule has 0 radical (unpaired) electrons. The van der Waals surface area contributed by atoms with Gasteiger partial charge in [0.2, 0.25) is 11.8 Å². The second kappa shape index (κ2) is 65.0. The number of carbonyl (C=O) groups excluding carboxylic acids is 9. The first-order valence-corrected chi connectivity index (χ1v) is 42.2. The molecule has 10 rings (SSSR count). The summed E-state index contributed by atoms with van der Waals surface area (Å²) in [7, 11) is -13.1. The minimum atomic E-state index is -3.81. The van der Waals surface area contributed by atoms with Gasteiger partial charge in [0.15, 0.2) is 69.0 Å². The van der Waals surface area contributed by atoms with E-state index in [9.17, 15) is 77.9 Å². The third kappa shape index (κ3) is 44.8. The van der Waals surface area contributed by atoms with Crippen LogP contribution in [0.25, 0.3) is 0 Å². The van der Waals surface area contributed by atoms with E-state index in [4.69, 9.17) is 113 Å². The highest BCUT2D eigenvalue weighted by molar-refractivity contribution is 7.91. The number of nitrogens with one attached hydrogen (secondary N) is 2. The maximum Gasteiger partial charge on any atom is 0.349 e. The van der Waals surface area contributed by atoms with E-state index in [-0.39, 0.29) is 154 Å². The van der Waals surface area contributed by atoms with Crippen LogP contribution in [0.5, 0.6) is 69.0 Å². The number of phenolic OH excluding ortho intramolecular Hbond substituents is 3. The Labute approximate surface area is 821 Å². The van der Waals surface area contributed by atoms with E-state index < -0.39 is 175 Å². The van der Waals surface area contributed by atoms with E-state index in [0.29, 0.717) is 41.2 Å². The number of cyclic esters (lactones) is 2. The lowest BCUT2D eigenvalue weighted by Gasteiger charge is -2.27. The predicted molar refractivity (Wildman–Crippen MR) is 512 cm³/mol. The number of carboxylic acids is 1. The second-order valence-corrected chi connectivity index (χ2v) is 31.7. The number of ether oxygens (including phenoxy) is 10. The first-order chi connectivity index (χ1) is 71.1. The van der Waals surface area contributed by atoms with Crippen LogP contribution in [0.15, 0.2) is 146 Å². The predicted octanol–water partition coefficient (Wildman–Crippen LogP) is 11.2. The van der Waals surface area contributed by atoms with Gasteiger partial charge in [0.1, 0.15) is 48.4 Å². The van der Waals surface area contributed by atoms with Crippen molar-refractivity contribution >= 4 is 128 Å². The maximum absolute atomic E-state index is 13.4. The number of rotatable bonds is 28. The largest absolute Gasteiger partial charge is 0.504 e. The van der Waals surface area contributed by atoms with Crippen LogP contribution in [-0.2, 0) is 48.6 Å². The number of halogens is 1. The molecular formula is C89H124FN7O30S5.